The second-order valence-electron chi connectivity index (χ2n) is 6.42. The van der Waals surface area contributed by atoms with Gasteiger partial charge >= 0.3 is 6.03 Å². The fourth-order valence-corrected chi connectivity index (χ4v) is 2.34. The summed E-state index contributed by atoms with van der Waals surface area (Å²) in [4.78, 5) is 30.0. The van der Waals surface area contributed by atoms with E-state index in [1.54, 1.807) is 35.4 Å². The van der Waals surface area contributed by atoms with Crippen LogP contribution in [0.1, 0.15) is 24.2 Å². The first-order valence-corrected chi connectivity index (χ1v) is 8.38. The van der Waals surface area contributed by atoms with E-state index in [-0.39, 0.29) is 18.0 Å². The van der Waals surface area contributed by atoms with Gasteiger partial charge in [-0.2, -0.15) is 0 Å². The van der Waals surface area contributed by atoms with Gasteiger partial charge in [-0.25, -0.2) is 4.79 Å². The highest BCUT2D eigenvalue weighted by atomic mass is 16.2. The number of hydrogen-bond acceptors (Lipinski definition) is 4. The maximum atomic E-state index is 12.2. The Kier molecular flexibility index (Phi) is 6.68. The third-order valence-electron chi connectivity index (χ3n) is 3.65. The van der Waals surface area contributed by atoms with Gasteiger partial charge in [-0.3, -0.25) is 9.78 Å². The summed E-state index contributed by atoms with van der Waals surface area (Å²) in [5.41, 5.74) is 3.08. The number of rotatable bonds is 6. The number of pyridine rings is 1. The Balaban J connectivity index is 1.93. The summed E-state index contributed by atoms with van der Waals surface area (Å²) >= 11 is 0. The number of nitrogens with zero attached hydrogens (tertiary/aromatic N) is 2. The molecule has 1 aromatic heterocycles. The summed E-state index contributed by atoms with van der Waals surface area (Å²) in [5, 5.41) is 8.44. The smallest absolute Gasteiger partial charge is 0.319 e. The van der Waals surface area contributed by atoms with Gasteiger partial charge in [0.25, 0.3) is 0 Å². The summed E-state index contributed by atoms with van der Waals surface area (Å²) in [6.45, 7) is 4.10. The number of hydrogen-bond donors (Lipinski definition) is 3. The molecule has 26 heavy (non-hydrogen) atoms. The monoisotopic (exact) mass is 355 g/mol. The zero-order chi connectivity index (χ0) is 19.1. The van der Waals surface area contributed by atoms with Crippen LogP contribution in [0.25, 0.3) is 0 Å². The number of amides is 3. The molecule has 7 nitrogen and oxygen atoms in total. The predicted octanol–water partition coefficient (Wildman–Crippen LogP) is 2.77. The van der Waals surface area contributed by atoms with Gasteiger partial charge in [0.05, 0.1) is 12.6 Å². The molecule has 7 heteroatoms. The van der Waals surface area contributed by atoms with E-state index in [1.807, 2.05) is 40.1 Å². The molecule has 0 spiro atoms. The standard InChI is InChI=1S/C19H25N5O2/c1-13-8-9-15(11-20-13)14(2)21-19(26)23-17-7-5-6-16(10-17)22-18(25)12-24(3)4/h5-11,14H,12H2,1-4H3,(H,22,25)(H2,21,23,26)/t14-/m0/s1. The van der Waals surface area contributed by atoms with Crippen molar-refractivity contribution >= 4 is 23.3 Å². The van der Waals surface area contributed by atoms with Crippen LogP contribution in [0.5, 0.6) is 0 Å². The summed E-state index contributed by atoms with van der Waals surface area (Å²) in [6, 6.07) is 10.4. The maximum absolute atomic E-state index is 12.2. The van der Waals surface area contributed by atoms with Crippen LogP contribution in [0, 0.1) is 6.92 Å². The highest BCUT2D eigenvalue weighted by molar-refractivity contribution is 5.94. The number of carbonyl (C=O) groups excluding carboxylic acids is 2. The normalized spacial score (nSPS) is 11.7. The number of nitrogens with one attached hydrogen (secondary N) is 3. The first kappa shape index (κ1) is 19.4. The van der Waals surface area contributed by atoms with Crippen molar-refractivity contribution in [1.29, 1.82) is 0 Å². The number of carbonyl (C=O) groups is 2. The number of benzene rings is 1. The molecule has 0 saturated heterocycles. The van der Waals surface area contributed by atoms with E-state index in [0.717, 1.165) is 11.3 Å². The maximum Gasteiger partial charge on any atom is 0.319 e. The number of aryl methyl sites for hydroxylation is 1. The average Bonchev–Trinajstić information content (AvgIpc) is 2.54. The van der Waals surface area contributed by atoms with E-state index in [4.69, 9.17) is 0 Å². The lowest BCUT2D eigenvalue weighted by Gasteiger charge is -2.15. The molecule has 138 valence electrons. The van der Waals surface area contributed by atoms with Crippen LogP contribution in [-0.4, -0.2) is 42.5 Å². The van der Waals surface area contributed by atoms with Crippen molar-refractivity contribution in [3.8, 4) is 0 Å². The summed E-state index contributed by atoms with van der Waals surface area (Å²) in [7, 11) is 3.65. The molecule has 0 aliphatic rings. The van der Waals surface area contributed by atoms with Crippen molar-refractivity contribution < 1.29 is 9.59 Å². The van der Waals surface area contributed by atoms with Crippen molar-refractivity contribution in [2.24, 2.45) is 0 Å². The lowest BCUT2D eigenvalue weighted by molar-refractivity contribution is -0.116. The Hall–Kier alpha value is -2.93. The molecule has 0 unspecified atom stereocenters. The van der Waals surface area contributed by atoms with Crippen LogP contribution >= 0.6 is 0 Å². The van der Waals surface area contributed by atoms with Gasteiger partial charge in [0.2, 0.25) is 5.91 Å². The van der Waals surface area contributed by atoms with Gasteiger partial charge in [-0.15, -0.1) is 0 Å². The van der Waals surface area contributed by atoms with Crippen LogP contribution < -0.4 is 16.0 Å². The third-order valence-corrected chi connectivity index (χ3v) is 3.65. The third kappa shape index (κ3) is 6.18. The van der Waals surface area contributed by atoms with Crippen LogP contribution in [0.4, 0.5) is 16.2 Å². The van der Waals surface area contributed by atoms with Crippen molar-refractivity contribution in [3.63, 3.8) is 0 Å². The minimum Gasteiger partial charge on any atom is -0.331 e. The van der Waals surface area contributed by atoms with Gasteiger partial charge in [-0.1, -0.05) is 12.1 Å². The molecule has 1 heterocycles. The van der Waals surface area contributed by atoms with Crippen LogP contribution in [0.3, 0.4) is 0 Å². The van der Waals surface area contributed by atoms with Gasteiger partial charge in [0.15, 0.2) is 0 Å². The molecule has 2 aromatic rings. The molecule has 0 bridgehead atoms. The average molecular weight is 355 g/mol. The molecule has 0 aliphatic carbocycles. The quantitative estimate of drug-likeness (QED) is 0.744. The Morgan fingerprint density at radius 2 is 1.81 bits per heavy atom. The van der Waals surface area contributed by atoms with Crippen molar-refractivity contribution in [1.82, 2.24) is 15.2 Å². The number of urea groups is 1. The van der Waals surface area contributed by atoms with E-state index in [2.05, 4.69) is 20.9 Å². The lowest BCUT2D eigenvalue weighted by Crippen LogP contribution is -2.31. The molecule has 1 aromatic carbocycles. The minimum atomic E-state index is -0.324. The van der Waals surface area contributed by atoms with Crippen molar-refractivity contribution in [2.75, 3.05) is 31.3 Å². The summed E-state index contributed by atoms with van der Waals surface area (Å²) < 4.78 is 0. The van der Waals surface area contributed by atoms with E-state index in [1.165, 1.54) is 0 Å². The van der Waals surface area contributed by atoms with Crippen LogP contribution in [0.15, 0.2) is 42.6 Å². The minimum absolute atomic E-state index is 0.114. The molecule has 0 radical (unpaired) electrons. The molecule has 0 fully saturated rings. The molecule has 3 amide bonds. The highest BCUT2D eigenvalue weighted by Gasteiger charge is 2.10. The Labute approximate surface area is 153 Å². The van der Waals surface area contributed by atoms with Crippen LogP contribution in [0.2, 0.25) is 0 Å². The fraction of sp³-hybridized carbons (Fsp3) is 0.316. The Morgan fingerprint density at radius 1 is 1.12 bits per heavy atom. The number of likely N-dealkylation sites (N-methyl/N-ethyl adjacent to an activating group) is 1. The number of aromatic nitrogens is 1. The molecule has 1 atom stereocenters. The van der Waals surface area contributed by atoms with Gasteiger partial charge in [0, 0.05) is 23.3 Å². The molecule has 3 N–H and O–H groups in total. The molecular formula is C19H25N5O2. The van der Waals surface area contributed by atoms with Crippen molar-refractivity contribution in [3.05, 3.63) is 53.9 Å². The topological polar surface area (TPSA) is 86.4 Å². The Morgan fingerprint density at radius 3 is 2.42 bits per heavy atom. The second-order valence-corrected chi connectivity index (χ2v) is 6.42. The highest BCUT2D eigenvalue weighted by Crippen LogP contribution is 2.16. The summed E-state index contributed by atoms with van der Waals surface area (Å²) in [5.74, 6) is -0.114. The van der Waals surface area contributed by atoms with E-state index in [9.17, 15) is 9.59 Å². The Bertz CT molecular complexity index is 759. The predicted molar refractivity (Wildman–Crippen MR) is 103 cm³/mol. The van der Waals surface area contributed by atoms with E-state index >= 15 is 0 Å². The van der Waals surface area contributed by atoms with Crippen molar-refractivity contribution in [2.45, 2.75) is 19.9 Å². The SMILES string of the molecule is Cc1ccc([C@H](C)NC(=O)Nc2cccc(NC(=O)CN(C)C)c2)cn1. The summed E-state index contributed by atoms with van der Waals surface area (Å²) in [6.07, 6.45) is 1.75. The fourth-order valence-electron chi connectivity index (χ4n) is 2.34. The largest absolute Gasteiger partial charge is 0.331 e. The zero-order valence-corrected chi connectivity index (χ0v) is 15.5. The zero-order valence-electron chi connectivity index (χ0n) is 15.5. The molecule has 2 rings (SSSR count). The van der Waals surface area contributed by atoms with Crippen LogP contribution in [-0.2, 0) is 4.79 Å². The van der Waals surface area contributed by atoms with E-state index in [0.29, 0.717) is 17.9 Å². The lowest BCUT2D eigenvalue weighted by atomic mass is 10.1. The first-order chi connectivity index (χ1) is 12.3. The number of anilines is 2. The first-order valence-electron chi connectivity index (χ1n) is 8.38. The molecule has 0 saturated carbocycles. The van der Waals surface area contributed by atoms with Gasteiger partial charge in [0.1, 0.15) is 0 Å². The van der Waals surface area contributed by atoms with Gasteiger partial charge in [-0.05, 0) is 57.8 Å². The molecule has 0 aliphatic heterocycles. The second kappa shape index (κ2) is 8.96. The molecular weight excluding hydrogens is 330 g/mol. The van der Waals surface area contributed by atoms with Gasteiger partial charge < -0.3 is 20.9 Å². The van der Waals surface area contributed by atoms with E-state index < -0.39 is 0 Å².